The van der Waals surface area contributed by atoms with E-state index in [0.29, 0.717) is 6.42 Å². The zero-order valence-electron chi connectivity index (χ0n) is 22.2. The lowest BCUT2D eigenvalue weighted by Gasteiger charge is -2.29. The molecule has 1 fully saturated rings. The van der Waals surface area contributed by atoms with Crippen molar-refractivity contribution in [2.75, 3.05) is 66.1 Å². The van der Waals surface area contributed by atoms with Crippen LogP contribution in [-0.4, -0.2) is 112 Å². The van der Waals surface area contributed by atoms with E-state index in [9.17, 15) is 9.90 Å². The monoisotopic (exact) mass is 522 g/mol. The van der Waals surface area contributed by atoms with Gasteiger partial charge in [0.15, 0.2) is 0 Å². The number of carbonyl (C=O) groups excluding carboxylic acids is 1. The van der Waals surface area contributed by atoms with Crippen LogP contribution < -0.4 is 0 Å². The van der Waals surface area contributed by atoms with E-state index in [4.69, 9.17) is 38.6 Å². The van der Waals surface area contributed by atoms with Gasteiger partial charge in [0, 0.05) is 6.42 Å². The van der Waals surface area contributed by atoms with Crippen molar-refractivity contribution in [3.63, 3.8) is 0 Å². The van der Waals surface area contributed by atoms with E-state index in [1.165, 1.54) is 38.5 Å². The summed E-state index contributed by atoms with van der Waals surface area (Å²) < 4.78 is 33.8. The number of esters is 1. The van der Waals surface area contributed by atoms with E-state index >= 15 is 0 Å². The summed E-state index contributed by atoms with van der Waals surface area (Å²) in [6.07, 6.45) is 9.17. The van der Waals surface area contributed by atoms with Crippen molar-refractivity contribution in [1.29, 1.82) is 0 Å². The summed E-state index contributed by atoms with van der Waals surface area (Å²) in [5.74, 6) is -0.213. The molecule has 4 atom stereocenters. The highest BCUT2D eigenvalue weighted by Gasteiger charge is 2.44. The maximum atomic E-state index is 11.9. The molecule has 0 spiro atoms. The normalized spacial score (nSPS) is 20.6. The second-order valence-corrected chi connectivity index (χ2v) is 9.00. The fraction of sp³-hybridized carbons (Fsp3) is 0.962. The maximum absolute atomic E-state index is 11.9. The molecule has 36 heavy (non-hydrogen) atoms. The Morgan fingerprint density at radius 2 is 1.47 bits per heavy atom. The minimum Gasteiger partial charge on any atom is -0.463 e. The van der Waals surface area contributed by atoms with Crippen LogP contribution in [0.3, 0.4) is 0 Å². The molecule has 214 valence electrons. The second kappa shape index (κ2) is 23.3. The van der Waals surface area contributed by atoms with Crippen molar-refractivity contribution in [2.24, 2.45) is 0 Å². The molecule has 0 aromatic rings. The smallest absolute Gasteiger partial charge is 0.305 e. The van der Waals surface area contributed by atoms with E-state index < -0.39 is 24.4 Å². The lowest BCUT2D eigenvalue weighted by Crippen LogP contribution is -2.45. The Labute approximate surface area is 216 Å². The van der Waals surface area contributed by atoms with Crippen LogP contribution >= 0.6 is 0 Å². The number of hydrogen-bond donors (Lipinski definition) is 3. The van der Waals surface area contributed by atoms with Gasteiger partial charge in [-0.2, -0.15) is 0 Å². The van der Waals surface area contributed by atoms with Gasteiger partial charge in [0.05, 0.1) is 59.5 Å². The Hall–Kier alpha value is -0.850. The highest BCUT2D eigenvalue weighted by Crippen LogP contribution is 2.25. The summed E-state index contributed by atoms with van der Waals surface area (Å²) in [5.41, 5.74) is 0. The first-order chi connectivity index (χ1) is 17.7. The molecular weight excluding hydrogens is 472 g/mol. The van der Waals surface area contributed by atoms with Gasteiger partial charge >= 0.3 is 5.97 Å². The first-order valence-corrected chi connectivity index (χ1v) is 13.7. The minimum atomic E-state index is -0.554. The lowest BCUT2D eigenvalue weighted by atomic mass is 10.1. The number of aliphatic hydroxyl groups is 3. The third-order valence-electron chi connectivity index (χ3n) is 6.01. The Kier molecular flexibility index (Phi) is 21.5. The van der Waals surface area contributed by atoms with Crippen LogP contribution in [0.15, 0.2) is 0 Å². The van der Waals surface area contributed by atoms with Gasteiger partial charge in [0.2, 0.25) is 0 Å². The van der Waals surface area contributed by atoms with Crippen LogP contribution in [0.2, 0.25) is 0 Å². The average Bonchev–Trinajstić information content (AvgIpc) is 3.29. The molecule has 2 unspecified atom stereocenters. The minimum absolute atomic E-state index is 0.0937. The van der Waals surface area contributed by atoms with Gasteiger partial charge in [0.1, 0.15) is 31.0 Å². The molecule has 0 aliphatic carbocycles. The maximum Gasteiger partial charge on any atom is 0.305 e. The molecule has 0 saturated carbocycles. The quantitative estimate of drug-likeness (QED) is 0.121. The van der Waals surface area contributed by atoms with Crippen molar-refractivity contribution in [2.45, 2.75) is 95.5 Å². The summed E-state index contributed by atoms with van der Waals surface area (Å²) in [4.78, 5) is 11.9. The molecule has 1 aliphatic heterocycles. The van der Waals surface area contributed by atoms with Gasteiger partial charge in [-0.05, 0) is 6.42 Å². The van der Waals surface area contributed by atoms with E-state index in [1.807, 2.05) is 0 Å². The Bertz CT molecular complexity index is 507. The highest BCUT2D eigenvalue weighted by atomic mass is 16.6. The fourth-order valence-electron chi connectivity index (χ4n) is 4.17. The largest absolute Gasteiger partial charge is 0.463 e. The van der Waals surface area contributed by atoms with Crippen LogP contribution in [0.4, 0.5) is 0 Å². The van der Waals surface area contributed by atoms with Crippen LogP contribution in [0.25, 0.3) is 0 Å². The Balaban J connectivity index is 2.27. The Morgan fingerprint density at radius 3 is 2.14 bits per heavy atom. The summed E-state index contributed by atoms with van der Waals surface area (Å²) in [7, 11) is 0. The molecule has 10 heteroatoms. The summed E-state index contributed by atoms with van der Waals surface area (Å²) >= 11 is 0. The van der Waals surface area contributed by atoms with Crippen molar-refractivity contribution < 1.29 is 48.5 Å². The van der Waals surface area contributed by atoms with E-state index in [1.54, 1.807) is 0 Å². The van der Waals surface area contributed by atoms with Crippen LogP contribution in [0.5, 0.6) is 0 Å². The highest BCUT2D eigenvalue weighted by molar-refractivity contribution is 5.69. The number of rotatable bonds is 25. The lowest BCUT2D eigenvalue weighted by molar-refractivity contribution is -0.149. The van der Waals surface area contributed by atoms with Crippen LogP contribution in [0.1, 0.15) is 71.1 Å². The van der Waals surface area contributed by atoms with Crippen LogP contribution in [0, 0.1) is 0 Å². The molecular formula is C26H50O10. The number of hydrogen-bond acceptors (Lipinski definition) is 10. The third kappa shape index (κ3) is 15.4. The van der Waals surface area contributed by atoms with E-state index in [-0.39, 0.29) is 72.0 Å². The molecule has 1 heterocycles. The average molecular weight is 523 g/mol. The van der Waals surface area contributed by atoms with Gasteiger partial charge in [-0.1, -0.05) is 58.3 Å². The molecule has 0 aromatic heterocycles. The second-order valence-electron chi connectivity index (χ2n) is 9.00. The van der Waals surface area contributed by atoms with Crippen molar-refractivity contribution >= 4 is 5.97 Å². The van der Waals surface area contributed by atoms with Crippen molar-refractivity contribution in [3.8, 4) is 0 Å². The zero-order valence-corrected chi connectivity index (χ0v) is 22.2. The van der Waals surface area contributed by atoms with Gasteiger partial charge in [-0.15, -0.1) is 0 Å². The summed E-state index contributed by atoms with van der Waals surface area (Å²) in [6, 6.07) is 0. The van der Waals surface area contributed by atoms with E-state index in [2.05, 4.69) is 6.92 Å². The standard InChI is InChI=1S/C26H50O10/c1-2-3-4-5-6-7-8-9-10-11-24(30)34-19-18-31-20-22(32-15-12-27)26-25(35-17-14-29)23(21-36-26)33-16-13-28/h22-23,25-29H,2-21H2,1H3/t22?,23-,25+,26?/m1/s1. The first-order valence-electron chi connectivity index (χ1n) is 13.7. The van der Waals surface area contributed by atoms with Crippen molar-refractivity contribution in [3.05, 3.63) is 0 Å². The number of ether oxygens (including phenoxy) is 6. The zero-order chi connectivity index (χ0) is 26.3. The number of aliphatic hydroxyl groups excluding tert-OH is 3. The molecule has 3 N–H and O–H groups in total. The fourth-order valence-corrected chi connectivity index (χ4v) is 4.17. The molecule has 1 rings (SSSR count). The van der Waals surface area contributed by atoms with Gasteiger partial charge in [0.25, 0.3) is 0 Å². The number of carbonyl (C=O) groups is 1. The van der Waals surface area contributed by atoms with Gasteiger partial charge in [-0.25, -0.2) is 0 Å². The van der Waals surface area contributed by atoms with Gasteiger partial charge < -0.3 is 43.7 Å². The molecule has 0 aromatic carbocycles. The molecule has 1 aliphatic rings. The van der Waals surface area contributed by atoms with Crippen LogP contribution in [-0.2, 0) is 33.2 Å². The molecule has 0 radical (unpaired) electrons. The summed E-state index contributed by atoms with van der Waals surface area (Å²) in [5, 5.41) is 27.4. The summed E-state index contributed by atoms with van der Waals surface area (Å²) in [6.45, 7) is 2.88. The SMILES string of the molecule is CCCCCCCCCCCC(=O)OCCOCC(OCCO)C1OC[C@@H](OCCO)[C@@H]1OCCO. The van der Waals surface area contributed by atoms with Gasteiger partial charge in [-0.3, -0.25) is 4.79 Å². The Morgan fingerprint density at radius 1 is 0.833 bits per heavy atom. The first kappa shape index (κ1) is 33.2. The molecule has 10 nitrogen and oxygen atoms in total. The third-order valence-corrected chi connectivity index (χ3v) is 6.01. The van der Waals surface area contributed by atoms with Crippen molar-refractivity contribution in [1.82, 2.24) is 0 Å². The predicted molar refractivity (Wildman–Crippen MR) is 134 cm³/mol. The number of unbranched alkanes of at least 4 members (excludes halogenated alkanes) is 8. The molecule has 0 bridgehead atoms. The molecule has 1 saturated heterocycles. The van der Waals surface area contributed by atoms with E-state index in [0.717, 1.165) is 19.3 Å². The predicted octanol–water partition coefficient (Wildman–Crippen LogP) is 2.00. The topological polar surface area (TPSA) is 133 Å². The molecule has 0 amide bonds.